The molecule has 0 bridgehead atoms. The van der Waals surface area contributed by atoms with E-state index in [0.29, 0.717) is 0 Å². The second kappa shape index (κ2) is 7.25. The standard InChI is InChI=1S/C6H7N.C6H6O.Zr/c2*7-6-4-2-1-3-5-6;/h1-5H,7H2;1-5,7H;/q;;+1/p-1. The number of anilines is 1. The molecule has 0 amide bonds. The predicted molar refractivity (Wildman–Crippen MR) is 57.9 cm³/mol. The Bertz CT molecular complexity index is 364. The Balaban J connectivity index is 0.000000151. The molecule has 2 aromatic carbocycles. The van der Waals surface area contributed by atoms with E-state index in [4.69, 9.17) is 8.55 Å². The first-order valence-corrected chi connectivity index (χ1v) is 5.52. The number of hydrogen-bond donors (Lipinski definition) is 1. The van der Waals surface area contributed by atoms with Gasteiger partial charge in [-0.05, 0) is 12.1 Å². The Morgan fingerprint density at radius 1 is 0.800 bits per heavy atom. The minimum atomic E-state index is 0.822. The summed E-state index contributed by atoms with van der Waals surface area (Å²) in [4.78, 5) is 0. The molecule has 0 radical (unpaired) electrons. The summed E-state index contributed by atoms with van der Waals surface area (Å²) < 4.78 is 5.00. The molecule has 2 N–H and O–H groups in total. The Hall–Kier alpha value is -1.08. The molecule has 0 aliphatic heterocycles. The number of nitrogen functional groups attached to an aromatic ring is 1. The first kappa shape index (κ1) is 12.0. The number of para-hydroxylation sites is 2. The molecule has 0 heterocycles. The summed E-state index contributed by atoms with van der Waals surface area (Å²) in [5, 5.41) is 0. The first-order chi connectivity index (χ1) is 7.33. The van der Waals surface area contributed by atoms with E-state index in [0.717, 1.165) is 36.6 Å². The topological polar surface area (TPSA) is 35.2 Å². The van der Waals surface area contributed by atoms with E-state index in [2.05, 4.69) is 0 Å². The Morgan fingerprint density at radius 3 is 1.53 bits per heavy atom. The summed E-state index contributed by atoms with van der Waals surface area (Å²) in [6.45, 7) is 0. The molecule has 2 nitrogen and oxygen atoms in total. The van der Waals surface area contributed by atoms with Crippen LogP contribution in [0.5, 0.6) is 5.75 Å². The van der Waals surface area contributed by atoms with Gasteiger partial charge in [0.05, 0.1) is 0 Å². The number of rotatable bonds is 1. The second-order valence-corrected chi connectivity index (χ2v) is 3.33. The number of benzene rings is 2. The van der Waals surface area contributed by atoms with Crippen LogP contribution >= 0.6 is 0 Å². The molecule has 15 heavy (non-hydrogen) atoms. The van der Waals surface area contributed by atoms with E-state index in [1.807, 2.05) is 60.7 Å². The molecule has 0 spiro atoms. The number of nitrogens with two attached hydrogens (primary N) is 1. The maximum atomic E-state index is 5.36. The molecular weight excluding hydrogens is 265 g/mol. The third-order valence-electron chi connectivity index (χ3n) is 1.66. The van der Waals surface area contributed by atoms with Crippen molar-refractivity contribution in [2.75, 3.05) is 5.73 Å². The van der Waals surface area contributed by atoms with Crippen LogP contribution in [0.4, 0.5) is 5.69 Å². The van der Waals surface area contributed by atoms with E-state index < -0.39 is 0 Å². The molecule has 0 aromatic heterocycles. The molecule has 75 valence electrons. The van der Waals surface area contributed by atoms with E-state index >= 15 is 0 Å². The van der Waals surface area contributed by atoms with Gasteiger partial charge in [-0.3, -0.25) is 0 Å². The van der Waals surface area contributed by atoms with E-state index in [9.17, 15) is 0 Å². The summed E-state index contributed by atoms with van der Waals surface area (Å²) in [5.74, 6) is 0.950. The van der Waals surface area contributed by atoms with Crippen molar-refractivity contribution in [1.29, 1.82) is 0 Å². The van der Waals surface area contributed by atoms with Gasteiger partial charge in [-0.15, -0.1) is 0 Å². The van der Waals surface area contributed by atoms with Gasteiger partial charge < -0.3 is 5.73 Å². The SMILES string of the molecule is Nc1ccccc1.[Zr][O]c1ccccc1. The van der Waals surface area contributed by atoms with Crippen LogP contribution in [0.1, 0.15) is 0 Å². The maximum absolute atomic E-state index is 5.36. The Morgan fingerprint density at radius 2 is 1.27 bits per heavy atom. The van der Waals surface area contributed by atoms with Gasteiger partial charge in [0.25, 0.3) is 0 Å². The van der Waals surface area contributed by atoms with Crippen molar-refractivity contribution in [3.05, 3.63) is 60.7 Å². The fourth-order valence-corrected chi connectivity index (χ4v) is 1.28. The molecule has 0 atom stereocenters. The fraction of sp³-hybridized carbons (Fsp3) is 0. The molecule has 0 unspecified atom stereocenters. The zero-order valence-electron chi connectivity index (χ0n) is 8.26. The zero-order valence-corrected chi connectivity index (χ0v) is 10.7. The van der Waals surface area contributed by atoms with Gasteiger partial charge in [0.2, 0.25) is 0 Å². The van der Waals surface area contributed by atoms with Crippen molar-refractivity contribution in [3.63, 3.8) is 0 Å². The summed E-state index contributed by atoms with van der Waals surface area (Å²) >= 11 is 1.09. The average molecular weight is 277 g/mol. The van der Waals surface area contributed by atoms with Crippen LogP contribution in [-0.2, 0) is 25.2 Å². The van der Waals surface area contributed by atoms with Gasteiger partial charge in [-0.25, -0.2) is 0 Å². The van der Waals surface area contributed by atoms with E-state index in [1.54, 1.807) is 0 Å². The van der Waals surface area contributed by atoms with Crippen LogP contribution < -0.4 is 8.55 Å². The van der Waals surface area contributed by atoms with Crippen molar-refractivity contribution in [3.8, 4) is 5.75 Å². The van der Waals surface area contributed by atoms with Crippen LogP contribution in [0.15, 0.2) is 60.7 Å². The monoisotopic (exact) mass is 276 g/mol. The average Bonchev–Trinajstić information content (AvgIpc) is 2.32. The molecule has 2 aromatic rings. The van der Waals surface area contributed by atoms with Crippen LogP contribution in [0, 0.1) is 0 Å². The van der Waals surface area contributed by atoms with Gasteiger partial charge in [0.15, 0.2) is 0 Å². The van der Waals surface area contributed by atoms with Crippen molar-refractivity contribution < 1.29 is 28.0 Å². The zero-order chi connectivity index (χ0) is 10.9. The van der Waals surface area contributed by atoms with Crippen LogP contribution in [0.2, 0.25) is 0 Å². The summed E-state index contributed by atoms with van der Waals surface area (Å²) in [5.41, 5.74) is 6.18. The second-order valence-electron chi connectivity index (χ2n) is 2.83. The van der Waals surface area contributed by atoms with E-state index in [1.165, 1.54) is 0 Å². The predicted octanol–water partition coefficient (Wildman–Crippen LogP) is 2.80. The normalized spacial score (nSPS) is 8.47. The van der Waals surface area contributed by atoms with Crippen molar-refractivity contribution in [2.45, 2.75) is 0 Å². The van der Waals surface area contributed by atoms with Crippen LogP contribution in [0.25, 0.3) is 0 Å². The summed E-state index contributed by atoms with van der Waals surface area (Å²) in [6, 6.07) is 19.3. The van der Waals surface area contributed by atoms with Crippen molar-refractivity contribution in [2.24, 2.45) is 0 Å². The third kappa shape index (κ3) is 5.38. The van der Waals surface area contributed by atoms with Crippen molar-refractivity contribution in [1.82, 2.24) is 0 Å². The van der Waals surface area contributed by atoms with Crippen LogP contribution in [-0.4, -0.2) is 0 Å². The van der Waals surface area contributed by atoms with Gasteiger partial charge in [-0.1, -0.05) is 18.2 Å². The molecule has 0 saturated carbocycles. The van der Waals surface area contributed by atoms with Gasteiger partial charge in [0.1, 0.15) is 0 Å². The molecule has 3 heteroatoms. The van der Waals surface area contributed by atoms with Crippen molar-refractivity contribution >= 4 is 5.69 Å². The minimum absolute atomic E-state index is 0.822. The molecule has 0 aliphatic carbocycles. The molecule has 0 saturated heterocycles. The van der Waals surface area contributed by atoms with Gasteiger partial charge in [0, 0.05) is 5.69 Å². The van der Waals surface area contributed by atoms with E-state index in [-0.39, 0.29) is 0 Å². The van der Waals surface area contributed by atoms with Gasteiger partial charge >= 0.3 is 64.1 Å². The Labute approximate surface area is 106 Å². The fourth-order valence-electron chi connectivity index (χ4n) is 0.942. The Kier molecular flexibility index (Phi) is 5.79. The molecule has 2 rings (SSSR count). The third-order valence-corrected chi connectivity index (χ3v) is 2.24. The summed E-state index contributed by atoms with van der Waals surface area (Å²) in [7, 11) is 0. The van der Waals surface area contributed by atoms with Crippen LogP contribution in [0.3, 0.4) is 0 Å². The summed E-state index contributed by atoms with van der Waals surface area (Å²) in [6.07, 6.45) is 0. The quantitative estimate of drug-likeness (QED) is 0.814. The molecular formula is C12H12NOZr. The van der Waals surface area contributed by atoms with Gasteiger partial charge in [-0.2, -0.15) is 0 Å². The first-order valence-electron chi connectivity index (χ1n) is 4.52. The molecule has 0 fully saturated rings. The molecule has 0 aliphatic rings. The number of hydrogen-bond acceptors (Lipinski definition) is 2.